The first-order valence-electron chi connectivity index (χ1n) is 4.49. The van der Waals surface area contributed by atoms with Crippen molar-refractivity contribution < 1.29 is 5.11 Å². The van der Waals surface area contributed by atoms with Crippen LogP contribution in [-0.4, -0.2) is 9.67 Å². The molecule has 1 aromatic carbocycles. The number of fused-ring (bicyclic) bond motifs is 1. The summed E-state index contributed by atoms with van der Waals surface area (Å²) in [5.74, 6) is 2.41. The summed E-state index contributed by atoms with van der Waals surface area (Å²) in [5, 5.41) is 10.2. The topological polar surface area (TPSA) is 42.2 Å². The number of benzene rings is 1. The monoisotopic (exact) mass is 199 g/mol. The molecule has 1 heterocycles. The van der Waals surface area contributed by atoms with Crippen molar-refractivity contribution in [2.75, 3.05) is 0 Å². The highest BCUT2D eigenvalue weighted by molar-refractivity contribution is 5.84. The van der Waals surface area contributed by atoms with E-state index in [2.05, 4.69) is 5.92 Å². The molecule has 0 saturated heterocycles. The minimum absolute atomic E-state index is 0.0103. The average molecular weight is 199 g/mol. The van der Waals surface area contributed by atoms with Crippen molar-refractivity contribution in [1.82, 2.24) is 4.57 Å². The van der Waals surface area contributed by atoms with Gasteiger partial charge in [0.1, 0.15) is 5.75 Å². The van der Waals surface area contributed by atoms with Crippen LogP contribution in [0, 0.1) is 12.3 Å². The van der Waals surface area contributed by atoms with E-state index in [1.54, 1.807) is 24.3 Å². The number of nitrogens with zero attached hydrogens (tertiary/aromatic N) is 1. The van der Waals surface area contributed by atoms with Gasteiger partial charge in [-0.15, -0.1) is 6.42 Å². The Morgan fingerprint density at radius 1 is 1.40 bits per heavy atom. The summed E-state index contributed by atoms with van der Waals surface area (Å²) in [6, 6.07) is 8.28. The van der Waals surface area contributed by atoms with E-state index in [0.717, 1.165) is 0 Å². The second-order valence-corrected chi connectivity index (χ2v) is 3.18. The van der Waals surface area contributed by atoms with Crippen LogP contribution in [0.4, 0.5) is 0 Å². The van der Waals surface area contributed by atoms with Gasteiger partial charge in [0.2, 0.25) is 0 Å². The molecule has 0 spiro atoms. The van der Waals surface area contributed by atoms with E-state index in [0.29, 0.717) is 10.9 Å². The molecule has 0 atom stereocenters. The second-order valence-electron chi connectivity index (χ2n) is 3.18. The maximum absolute atomic E-state index is 11.6. The van der Waals surface area contributed by atoms with Gasteiger partial charge in [-0.2, -0.15) is 0 Å². The SMILES string of the molecule is C#CCn1c(=O)cc(O)c2ccccc21. The zero-order valence-corrected chi connectivity index (χ0v) is 7.97. The number of aromatic hydroxyl groups is 1. The number of para-hydroxylation sites is 1. The van der Waals surface area contributed by atoms with Crippen LogP contribution in [0.25, 0.3) is 10.9 Å². The van der Waals surface area contributed by atoms with E-state index in [9.17, 15) is 9.90 Å². The molecule has 0 radical (unpaired) electrons. The minimum atomic E-state index is -0.288. The molecule has 0 unspecified atom stereocenters. The van der Waals surface area contributed by atoms with E-state index < -0.39 is 0 Å². The molecule has 1 aromatic heterocycles. The second kappa shape index (κ2) is 3.50. The van der Waals surface area contributed by atoms with Gasteiger partial charge in [0, 0.05) is 11.5 Å². The van der Waals surface area contributed by atoms with Gasteiger partial charge in [0.05, 0.1) is 12.1 Å². The summed E-state index contributed by atoms with van der Waals surface area (Å²) in [4.78, 5) is 11.6. The van der Waals surface area contributed by atoms with Gasteiger partial charge in [0.15, 0.2) is 0 Å². The molecule has 1 N–H and O–H groups in total. The third kappa shape index (κ3) is 1.46. The zero-order valence-electron chi connectivity index (χ0n) is 7.97. The van der Waals surface area contributed by atoms with Crippen LogP contribution in [0.2, 0.25) is 0 Å². The van der Waals surface area contributed by atoms with Crippen LogP contribution in [0.1, 0.15) is 0 Å². The lowest BCUT2D eigenvalue weighted by Gasteiger charge is -2.07. The van der Waals surface area contributed by atoms with Crippen molar-refractivity contribution in [1.29, 1.82) is 0 Å². The number of rotatable bonds is 1. The lowest BCUT2D eigenvalue weighted by molar-refractivity contribution is 0.479. The fraction of sp³-hybridized carbons (Fsp3) is 0.0833. The van der Waals surface area contributed by atoms with Crippen LogP contribution >= 0.6 is 0 Å². The van der Waals surface area contributed by atoms with Crippen molar-refractivity contribution in [3.8, 4) is 18.1 Å². The Kier molecular flexibility index (Phi) is 2.18. The third-order valence-electron chi connectivity index (χ3n) is 2.25. The Bertz CT molecular complexity index is 605. The highest BCUT2D eigenvalue weighted by atomic mass is 16.3. The van der Waals surface area contributed by atoms with Crippen LogP contribution in [0.15, 0.2) is 35.1 Å². The molecule has 74 valence electrons. The summed E-state index contributed by atoms with van der Waals surface area (Å²) in [5.41, 5.74) is 0.365. The predicted octanol–water partition coefficient (Wildman–Crippen LogP) is 1.34. The highest BCUT2D eigenvalue weighted by Gasteiger charge is 2.05. The van der Waals surface area contributed by atoms with Crippen molar-refractivity contribution >= 4 is 10.9 Å². The molecule has 0 bridgehead atoms. The Labute approximate surface area is 86.6 Å². The van der Waals surface area contributed by atoms with Crippen LogP contribution in [0.5, 0.6) is 5.75 Å². The molecule has 0 aliphatic heterocycles. The van der Waals surface area contributed by atoms with Crippen molar-refractivity contribution in [3.63, 3.8) is 0 Å². The van der Waals surface area contributed by atoms with Crippen molar-refractivity contribution in [2.45, 2.75) is 6.54 Å². The first-order valence-corrected chi connectivity index (χ1v) is 4.49. The molecule has 3 heteroatoms. The average Bonchev–Trinajstić information content (AvgIpc) is 2.24. The quantitative estimate of drug-likeness (QED) is 0.704. The van der Waals surface area contributed by atoms with Gasteiger partial charge in [-0.05, 0) is 12.1 Å². The Hall–Kier alpha value is -2.21. The Morgan fingerprint density at radius 2 is 2.13 bits per heavy atom. The number of hydrogen-bond acceptors (Lipinski definition) is 2. The standard InChI is InChI=1S/C12H9NO2/c1-2-7-13-10-6-4-3-5-9(10)11(14)8-12(13)15/h1,3-6,8,14H,7H2. The summed E-state index contributed by atoms with van der Waals surface area (Å²) in [6.07, 6.45) is 5.19. The molecule has 0 fully saturated rings. The maximum atomic E-state index is 11.6. The number of pyridine rings is 1. The van der Waals surface area contributed by atoms with Gasteiger partial charge in [0.25, 0.3) is 5.56 Å². The lowest BCUT2D eigenvalue weighted by atomic mass is 10.2. The molecule has 3 nitrogen and oxygen atoms in total. The minimum Gasteiger partial charge on any atom is -0.507 e. The van der Waals surface area contributed by atoms with E-state index in [-0.39, 0.29) is 17.9 Å². The summed E-state index contributed by atoms with van der Waals surface area (Å²) in [6.45, 7) is 0.208. The maximum Gasteiger partial charge on any atom is 0.255 e. The Balaban J connectivity index is 2.91. The summed E-state index contributed by atoms with van der Waals surface area (Å²) < 4.78 is 1.45. The first kappa shape index (κ1) is 9.35. The molecular formula is C12H9NO2. The molecule has 2 aromatic rings. The molecule has 0 saturated carbocycles. The van der Waals surface area contributed by atoms with E-state index in [1.807, 2.05) is 0 Å². The highest BCUT2D eigenvalue weighted by Crippen LogP contribution is 2.21. The van der Waals surface area contributed by atoms with Gasteiger partial charge >= 0.3 is 0 Å². The lowest BCUT2D eigenvalue weighted by Crippen LogP contribution is -2.18. The summed E-state index contributed by atoms with van der Waals surface area (Å²) in [7, 11) is 0. The fourth-order valence-electron chi connectivity index (χ4n) is 1.57. The summed E-state index contributed by atoms with van der Waals surface area (Å²) >= 11 is 0. The number of terminal acetylenes is 1. The normalized spacial score (nSPS) is 10.1. The van der Waals surface area contributed by atoms with Crippen molar-refractivity contribution in [2.24, 2.45) is 0 Å². The molecule has 2 rings (SSSR count). The van der Waals surface area contributed by atoms with Gasteiger partial charge in [-0.3, -0.25) is 9.36 Å². The molecular weight excluding hydrogens is 190 g/mol. The van der Waals surface area contributed by atoms with Crippen LogP contribution < -0.4 is 5.56 Å². The van der Waals surface area contributed by atoms with Gasteiger partial charge < -0.3 is 5.11 Å². The molecule has 0 aliphatic carbocycles. The van der Waals surface area contributed by atoms with Crippen molar-refractivity contribution in [3.05, 3.63) is 40.7 Å². The molecule has 15 heavy (non-hydrogen) atoms. The Morgan fingerprint density at radius 3 is 2.87 bits per heavy atom. The molecule has 0 aliphatic rings. The van der Waals surface area contributed by atoms with E-state index in [4.69, 9.17) is 6.42 Å². The predicted molar refractivity (Wildman–Crippen MR) is 58.7 cm³/mol. The van der Waals surface area contributed by atoms with E-state index >= 15 is 0 Å². The third-order valence-corrected chi connectivity index (χ3v) is 2.25. The fourth-order valence-corrected chi connectivity index (χ4v) is 1.57. The largest absolute Gasteiger partial charge is 0.507 e. The van der Waals surface area contributed by atoms with Crippen LogP contribution in [0.3, 0.4) is 0 Å². The van der Waals surface area contributed by atoms with E-state index in [1.165, 1.54) is 10.6 Å². The molecule has 0 amide bonds. The first-order chi connectivity index (χ1) is 7.24. The van der Waals surface area contributed by atoms with Gasteiger partial charge in [-0.25, -0.2) is 0 Å². The van der Waals surface area contributed by atoms with Gasteiger partial charge in [-0.1, -0.05) is 18.1 Å². The van der Waals surface area contributed by atoms with Crippen LogP contribution in [-0.2, 0) is 6.54 Å². The number of aromatic nitrogens is 1. The number of hydrogen-bond donors (Lipinski definition) is 1. The zero-order chi connectivity index (χ0) is 10.8. The smallest absolute Gasteiger partial charge is 0.255 e.